The molecule has 0 fully saturated rings. The summed E-state index contributed by atoms with van der Waals surface area (Å²) in [6.45, 7) is 2.21. The van der Waals surface area contributed by atoms with Gasteiger partial charge in [0, 0.05) is 5.69 Å². The van der Waals surface area contributed by atoms with Crippen LogP contribution < -0.4 is 4.72 Å². The molecule has 0 radical (unpaired) electrons. The van der Waals surface area contributed by atoms with Crippen LogP contribution in [0.15, 0.2) is 24.3 Å². The largest absolute Gasteiger partial charge is 0.468 e. The van der Waals surface area contributed by atoms with Crippen molar-refractivity contribution in [1.29, 1.82) is 0 Å². The lowest BCUT2D eigenvalue weighted by atomic mass is 10.0. The molecule has 1 rings (SSSR count). The zero-order valence-electron chi connectivity index (χ0n) is 13.8. The van der Waals surface area contributed by atoms with Crippen LogP contribution in [-0.2, 0) is 26.0 Å². The predicted molar refractivity (Wildman–Crippen MR) is 90.5 cm³/mol. The third-order valence-electron chi connectivity index (χ3n) is 3.20. The minimum atomic E-state index is -3.30. The molecule has 1 atom stereocenters. The number of likely N-dealkylation sites (N-methyl/N-ethyl adjacent to an activating group) is 1. The molecule has 6 nitrogen and oxygen atoms in total. The van der Waals surface area contributed by atoms with Gasteiger partial charge in [0.05, 0.1) is 19.9 Å². The number of hydrogen-bond donors (Lipinski definition) is 1. The first kappa shape index (κ1) is 19.0. The number of carbonyl (C=O) groups excluding carboxylic acids is 1. The third-order valence-corrected chi connectivity index (χ3v) is 3.80. The maximum Gasteiger partial charge on any atom is 0.323 e. The van der Waals surface area contributed by atoms with Crippen molar-refractivity contribution in [2.24, 2.45) is 0 Å². The molecule has 0 spiro atoms. The number of esters is 1. The Morgan fingerprint density at radius 2 is 1.96 bits per heavy atom. The Hall–Kier alpha value is -2.04. The van der Waals surface area contributed by atoms with Gasteiger partial charge < -0.3 is 4.74 Å². The Morgan fingerprint density at radius 3 is 2.43 bits per heavy atom. The number of hydrogen-bond acceptors (Lipinski definition) is 5. The summed E-state index contributed by atoms with van der Waals surface area (Å²) in [4.78, 5) is 13.8. The molecule has 0 aromatic heterocycles. The molecule has 0 saturated heterocycles. The Morgan fingerprint density at radius 1 is 1.35 bits per heavy atom. The Bertz CT molecular complexity index is 687. The first-order valence-electron chi connectivity index (χ1n) is 7.01. The van der Waals surface area contributed by atoms with Crippen LogP contribution in [0.4, 0.5) is 5.69 Å². The molecule has 0 heterocycles. The van der Waals surface area contributed by atoms with Gasteiger partial charge in [-0.15, -0.1) is 5.92 Å². The van der Waals surface area contributed by atoms with Crippen LogP contribution in [-0.4, -0.2) is 52.3 Å². The second kappa shape index (κ2) is 8.56. The summed E-state index contributed by atoms with van der Waals surface area (Å²) in [7, 11) is -0.136. The standard InChI is InChI=1S/C16H22N2O4S/c1-5-6-11-18(2)15(16(19)22-3)12-13-7-9-14(10-8-13)17-23(4,20)21/h7-10,15,17H,11-12H2,1-4H3/t15-/m0/s1. The van der Waals surface area contributed by atoms with Crippen LogP contribution >= 0.6 is 0 Å². The third kappa shape index (κ3) is 6.72. The van der Waals surface area contributed by atoms with E-state index in [1.54, 1.807) is 31.2 Å². The van der Waals surface area contributed by atoms with E-state index in [2.05, 4.69) is 16.6 Å². The Balaban J connectivity index is 2.86. The Kier molecular flexibility index (Phi) is 7.07. The number of carbonyl (C=O) groups is 1. The molecular formula is C16H22N2O4S. The van der Waals surface area contributed by atoms with Gasteiger partial charge in [-0.3, -0.25) is 14.4 Å². The molecule has 0 aliphatic carbocycles. The SMILES string of the molecule is CC#CCN(C)[C@@H](Cc1ccc(NS(C)(=O)=O)cc1)C(=O)OC. The lowest BCUT2D eigenvalue weighted by Crippen LogP contribution is -2.41. The molecule has 0 aliphatic heterocycles. The highest BCUT2D eigenvalue weighted by Gasteiger charge is 2.23. The molecule has 0 aliphatic rings. The van der Waals surface area contributed by atoms with Crippen LogP contribution in [0.5, 0.6) is 0 Å². The molecule has 0 unspecified atom stereocenters. The van der Waals surface area contributed by atoms with Crippen LogP contribution in [0.25, 0.3) is 0 Å². The van der Waals surface area contributed by atoms with Gasteiger partial charge in [-0.05, 0) is 38.1 Å². The summed E-state index contributed by atoms with van der Waals surface area (Å²) in [6.07, 6.45) is 1.55. The van der Waals surface area contributed by atoms with Gasteiger partial charge in [0.2, 0.25) is 10.0 Å². The number of rotatable bonds is 7. The van der Waals surface area contributed by atoms with Gasteiger partial charge in [0.1, 0.15) is 6.04 Å². The maximum atomic E-state index is 12.0. The summed E-state index contributed by atoms with van der Waals surface area (Å²) >= 11 is 0. The average Bonchev–Trinajstić information content (AvgIpc) is 2.49. The molecule has 1 aromatic rings. The molecule has 0 saturated carbocycles. The first-order chi connectivity index (χ1) is 10.8. The fourth-order valence-electron chi connectivity index (χ4n) is 2.02. The van der Waals surface area contributed by atoms with E-state index in [0.717, 1.165) is 11.8 Å². The minimum Gasteiger partial charge on any atom is -0.468 e. The van der Waals surface area contributed by atoms with E-state index in [1.165, 1.54) is 7.11 Å². The lowest BCUT2D eigenvalue weighted by Gasteiger charge is -2.24. The predicted octanol–water partition coefficient (Wildman–Crippen LogP) is 1.10. The second-order valence-electron chi connectivity index (χ2n) is 5.16. The number of anilines is 1. The van der Waals surface area contributed by atoms with E-state index in [1.807, 2.05) is 11.9 Å². The van der Waals surface area contributed by atoms with Gasteiger partial charge in [0.25, 0.3) is 0 Å². The highest BCUT2D eigenvalue weighted by atomic mass is 32.2. The van der Waals surface area contributed by atoms with E-state index >= 15 is 0 Å². The van der Waals surface area contributed by atoms with Crippen LogP contribution in [0.2, 0.25) is 0 Å². The minimum absolute atomic E-state index is 0.330. The van der Waals surface area contributed by atoms with E-state index in [-0.39, 0.29) is 5.97 Å². The van der Waals surface area contributed by atoms with Gasteiger partial charge >= 0.3 is 5.97 Å². The topological polar surface area (TPSA) is 75.7 Å². The smallest absolute Gasteiger partial charge is 0.323 e. The van der Waals surface area contributed by atoms with Crippen molar-refractivity contribution < 1.29 is 17.9 Å². The summed E-state index contributed by atoms with van der Waals surface area (Å²) in [5.41, 5.74) is 1.38. The molecule has 7 heteroatoms. The van der Waals surface area contributed by atoms with Crippen LogP contribution in [0, 0.1) is 11.8 Å². The molecule has 0 amide bonds. The molecule has 23 heavy (non-hydrogen) atoms. The number of nitrogens with one attached hydrogen (secondary N) is 1. The van der Waals surface area contributed by atoms with Gasteiger partial charge in [-0.2, -0.15) is 0 Å². The van der Waals surface area contributed by atoms with Crippen molar-refractivity contribution in [3.05, 3.63) is 29.8 Å². The number of methoxy groups -OCH3 is 1. The van der Waals surface area contributed by atoms with Crippen molar-refractivity contribution in [3.8, 4) is 11.8 Å². The summed E-state index contributed by atoms with van der Waals surface area (Å²) in [5.74, 6) is 5.38. The highest BCUT2D eigenvalue weighted by molar-refractivity contribution is 7.92. The average molecular weight is 338 g/mol. The van der Waals surface area contributed by atoms with Gasteiger partial charge in [-0.25, -0.2) is 8.42 Å². The normalized spacial score (nSPS) is 12.2. The van der Waals surface area contributed by atoms with Crippen molar-refractivity contribution in [2.75, 3.05) is 31.7 Å². The van der Waals surface area contributed by atoms with Gasteiger partial charge in [0.15, 0.2) is 0 Å². The zero-order chi connectivity index (χ0) is 17.5. The van der Waals surface area contributed by atoms with E-state index in [0.29, 0.717) is 18.7 Å². The van der Waals surface area contributed by atoms with Crippen molar-refractivity contribution >= 4 is 21.7 Å². The number of nitrogens with zero attached hydrogens (tertiary/aromatic N) is 1. The van der Waals surface area contributed by atoms with E-state index in [4.69, 9.17) is 4.74 Å². The van der Waals surface area contributed by atoms with Crippen molar-refractivity contribution in [2.45, 2.75) is 19.4 Å². The van der Waals surface area contributed by atoms with Gasteiger partial charge in [-0.1, -0.05) is 18.1 Å². The fourth-order valence-corrected chi connectivity index (χ4v) is 2.58. The summed E-state index contributed by atoms with van der Waals surface area (Å²) < 4.78 is 29.6. The van der Waals surface area contributed by atoms with E-state index in [9.17, 15) is 13.2 Å². The number of benzene rings is 1. The van der Waals surface area contributed by atoms with Crippen molar-refractivity contribution in [3.63, 3.8) is 0 Å². The monoisotopic (exact) mass is 338 g/mol. The molecule has 0 bridgehead atoms. The molecule has 1 N–H and O–H groups in total. The fraction of sp³-hybridized carbons (Fsp3) is 0.438. The lowest BCUT2D eigenvalue weighted by molar-refractivity contribution is -0.146. The molecule has 1 aromatic carbocycles. The van der Waals surface area contributed by atoms with E-state index < -0.39 is 16.1 Å². The molecule has 126 valence electrons. The summed E-state index contributed by atoms with van der Waals surface area (Å²) in [6, 6.07) is 6.44. The number of sulfonamides is 1. The molecular weight excluding hydrogens is 316 g/mol. The van der Waals surface area contributed by atoms with Crippen LogP contribution in [0.1, 0.15) is 12.5 Å². The van der Waals surface area contributed by atoms with Crippen molar-refractivity contribution in [1.82, 2.24) is 4.90 Å². The highest BCUT2D eigenvalue weighted by Crippen LogP contribution is 2.14. The Labute approximate surface area is 137 Å². The summed E-state index contributed by atoms with van der Waals surface area (Å²) in [5, 5.41) is 0. The first-order valence-corrected chi connectivity index (χ1v) is 8.90. The number of ether oxygens (including phenoxy) is 1. The maximum absolute atomic E-state index is 12.0. The van der Waals surface area contributed by atoms with Crippen LogP contribution in [0.3, 0.4) is 0 Å². The zero-order valence-corrected chi connectivity index (χ0v) is 14.6. The quantitative estimate of drug-likeness (QED) is 0.595. The second-order valence-corrected chi connectivity index (χ2v) is 6.90.